The van der Waals surface area contributed by atoms with E-state index in [9.17, 15) is 9.59 Å². The van der Waals surface area contributed by atoms with E-state index in [0.29, 0.717) is 11.4 Å². The topological polar surface area (TPSA) is 91.2 Å². The lowest BCUT2D eigenvalue weighted by Gasteiger charge is -2.26. The van der Waals surface area contributed by atoms with Gasteiger partial charge in [-0.1, -0.05) is 19.3 Å². The average Bonchev–Trinajstić information content (AvgIpc) is 2.95. The number of carbonyl (C=O) groups is 2. The molecule has 0 atom stereocenters. The Morgan fingerprint density at radius 2 is 1.92 bits per heavy atom. The molecule has 0 unspecified atom stereocenters. The number of carbonyl (C=O) groups excluding carboxylic acids is 2. The maximum atomic E-state index is 12.8. The van der Waals surface area contributed by atoms with Crippen molar-refractivity contribution in [3.63, 3.8) is 0 Å². The number of hydrogen-bond acceptors (Lipinski definition) is 3. The molecule has 1 aliphatic carbocycles. The van der Waals surface area contributed by atoms with Gasteiger partial charge in [0, 0.05) is 35.6 Å². The molecule has 1 fully saturated rings. The molecule has 140 valence electrons. The molecule has 2 amide bonds. The van der Waals surface area contributed by atoms with Crippen LogP contribution in [0.25, 0.3) is 10.9 Å². The second kappa shape index (κ2) is 7.40. The second-order valence-corrected chi connectivity index (χ2v) is 7.50. The first-order valence-electron chi connectivity index (χ1n) is 9.38. The molecule has 1 aromatic carbocycles. The second-order valence-electron chi connectivity index (χ2n) is 7.50. The maximum absolute atomic E-state index is 12.8. The molecule has 0 aliphatic heterocycles. The Morgan fingerprint density at radius 1 is 1.23 bits per heavy atom. The third-order valence-corrected chi connectivity index (χ3v) is 5.13. The molecular formula is C20H28N4O2. The molecule has 1 heterocycles. The zero-order valence-electron chi connectivity index (χ0n) is 15.8. The number of H-pyrrole nitrogens is 1. The summed E-state index contributed by atoms with van der Waals surface area (Å²) in [5.41, 5.74) is 8.07. The normalized spacial score (nSPS) is 15.4. The van der Waals surface area contributed by atoms with Gasteiger partial charge in [-0.05, 0) is 44.9 Å². The van der Waals surface area contributed by atoms with Crippen LogP contribution in [0.1, 0.15) is 56.3 Å². The van der Waals surface area contributed by atoms with E-state index >= 15 is 0 Å². The number of benzene rings is 1. The molecule has 2 aromatic rings. The molecule has 6 heteroatoms. The lowest BCUT2D eigenvalue weighted by molar-refractivity contribution is -0.123. The minimum absolute atomic E-state index is 0.0328. The predicted molar refractivity (Wildman–Crippen MR) is 105 cm³/mol. The van der Waals surface area contributed by atoms with E-state index in [0.717, 1.165) is 42.3 Å². The van der Waals surface area contributed by atoms with Gasteiger partial charge in [-0.15, -0.1) is 0 Å². The Balaban J connectivity index is 1.87. The van der Waals surface area contributed by atoms with Crippen molar-refractivity contribution in [2.45, 2.75) is 52.0 Å². The van der Waals surface area contributed by atoms with E-state index in [1.165, 1.54) is 6.42 Å². The van der Waals surface area contributed by atoms with Crippen LogP contribution in [-0.2, 0) is 4.79 Å². The zero-order valence-corrected chi connectivity index (χ0v) is 15.8. The predicted octanol–water partition coefficient (Wildman–Crippen LogP) is 3.43. The van der Waals surface area contributed by atoms with Gasteiger partial charge in [-0.25, -0.2) is 0 Å². The average molecular weight is 356 g/mol. The number of aromatic amines is 1. The van der Waals surface area contributed by atoms with Crippen LogP contribution in [0.15, 0.2) is 18.2 Å². The van der Waals surface area contributed by atoms with Gasteiger partial charge in [0.2, 0.25) is 5.91 Å². The Bertz CT molecular complexity index is 819. The van der Waals surface area contributed by atoms with Crippen LogP contribution < -0.4 is 16.0 Å². The monoisotopic (exact) mass is 356 g/mol. The van der Waals surface area contributed by atoms with Crippen molar-refractivity contribution in [1.29, 1.82) is 0 Å². The smallest absolute Gasteiger partial charge is 0.255 e. The molecule has 6 nitrogen and oxygen atoms in total. The van der Waals surface area contributed by atoms with Crippen molar-refractivity contribution in [2.75, 3.05) is 17.7 Å². The molecule has 1 aliphatic rings. The third kappa shape index (κ3) is 3.54. The van der Waals surface area contributed by atoms with E-state index in [-0.39, 0.29) is 23.8 Å². The number of fused-ring (bicyclic) bond motifs is 1. The van der Waals surface area contributed by atoms with E-state index in [1.54, 1.807) is 4.90 Å². The Hall–Kier alpha value is -2.50. The Morgan fingerprint density at radius 3 is 2.58 bits per heavy atom. The van der Waals surface area contributed by atoms with Crippen molar-refractivity contribution < 1.29 is 9.59 Å². The fourth-order valence-corrected chi connectivity index (χ4v) is 3.74. The van der Waals surface area contributed by atoms with Crippen LogP contribution in [-0.4, -0.2) is 29.9 Å². The largest absolute Gasteiger partial charge is 0.385 e. The van der Waals surface area contributed by atoms with Gasteiger partial charge in [0.25, 0.3) is 5.91 Å². The summed E-state index contributed by atoms with van der Waals surface area (Å²) in [7, 11) is 1.82. The molecule has 4 N–H and O–H groups in total. The molecule has 0 spiro atoms. The van der Waals surface area contributed by atoms with Crippen LogP contribution in [0.2, 0.25) is 0 Å². The van der Waals surface area contributed by atoms with Gasteiger partial charge in [0.1, 0.15) is 5.82 Å². The fraction of sp³-hybridized carbons (Fsp3) is 0.500. The summed E-state index contributed by atoms with van der Waals surface area (Å²) in [6, 6.07) is 5.66. The number of hydrogen-bond donors (Lipinski definition) is 3. The Labute approximate surface area is 154 Å². The molecule has 0 bridgehead atoms. The number of nitrogens with two attached hydrogens (primary N) is 1. The van der Waals surface area contributed by atoms with E-state index in [1.807, 2.05) is 39.1 Å². The quantitative estimate of drug-likeness (QED) is 0.784. The van der Waals surface area contributed by atoms with Gasteiger partial charge in [0.05, 0.1) is 5.56 Å². The Kier molecular flexibility index (Phi) is 5.20. The zero-order chi connectivity index (χ0) is 18.8. The summed E-state index contributed by atoms with van der Waals surface area (Å²) >= 11 is 0. The summed E-state index contributed by atoms with van der Waals surface area (Å²) < 4.78 is 0. The lowest BCUT2D eigenvalue weighted by Crippen LogP contribution is -2.33. The van der Waals surface area contributed by atoms with E-state index < -0.39 is 0 Å². The van der Waals surface area contributed by atoms with Gasteiger partial charge >= 0.3 is 0 Å². The fourth-order valence-electron chi connectivity index (χ4n) is 3.74. The summed E-state index contributed by atoms with van der Waals surface area (Å²) in [5.74, 6) is 0.437. The maximum Gasteiger partial charge on any atom is 0.255 e. The highest BCUT2D eigenvalue weighted by Crippen LogP contribution is 2.30. The van der Waals surface area contributed by atoms with Gasteiger partial charge in [-0.3, -0.25) is 9.59 Å². The van der Waals surface area contributed by atoms with Crippen LogP contribution >= 0.6 is 0 Å². The van der Waals surface area contributed by atoms with Gasteiger partial charge in [0.15, 0.2) is 0 Å². The van der Waals surface area contributed by atoms with E-state index in [4.69, 9.17) is 5.73 Å². The van der Waals surface area contributed by atoms with Crippen molar-refractivity contribution in [2.24, 2.45) is 5.92 Å². The number of rotatable bonds is 4. The molecular weight excluding hydrogens is 328 g/mol. The first-order valence-corrected chi connectivity index (χ1v) is 9.38. The highest BCUT2D eigenvalue weighted by atomic mass is 16.2. The van der Waals surface area contributed by atoms with Crippen molar-refractivity contribution in [3.05, 3.63) is 23.8 Å². The first kappa shape index (κ1) is 18.3. The van der Waals surface area contributed by atoms with Crippen LogP contribution in [0.3, 0.4) is 0 Å². The van der Waals surface area contributed by atoms with Crippen molar-refractivity contribution >= 4 is 34.2 Å². The van der Waals surface area contributed by atoms with Gasteiger partial charge in [-0.2, -0.15) is 0 Å². The summed E-state index contributed by atoms with van der Waals surface area (Å²) in [5, 5.41) is 3.64. The van der Waals surface area contributed by atoms with Crippen molar-refractivity contribution in [1.82, 2.24) is 10.3 Å². The SMILES string of the molecule is CC(C)NC(=O)c1c(N)[nH]c2cc(N(C)C(=O)C3CCCCC3)ccc12. The molecule has 26 heavy (non-hydrogen) atoms. The van der Waals surface area contributed by atoms with Crippen LogP contribution in [0, 0.1) is 5.92 Å². The number of amides is 2. The number of anilines is 2. The highest BCUT2D eigenvalue weighted by molar-refractivity contribution is 6.12. The van der Waals surface area contributed by atoms with Crippen molar-refractivity contribution in [3.8, 4) is 0 Å². The first-order chi connectivity index (χ1) is 12.4. The minimum Gasteiger partial charge on any atom is -0.385 e. The van der Waals surface area contributed by atoms with Crippen LogP contribution in [0.5, 0.6) is 0 Å². The summed E-state index contributed by atoms with van der Waals surface area (Å²) in [6.07, 6.45) is 5.43. The third-order valence-electron chi connectivity index (χ3n) is 5.13. The van der Waals surface area contributed by atoms with Crippen LogP contribution in [0.4, 0.5) is 11.5 Å². The molecule has 3 rings (SSSR count). The molecule has 0 saturated heterocycles. The summed E-state index contributed by atoms with van der Waals surface area (Å²) in [6.45, 7) is 3.82. The molecule has 1 aromatic heterocycles. The minimum atomic E-state index is -0.192. The highest BCUT2D eigenvalue weighted by Gasteiger charge is 2.25. The number of nitrogen functional groups attached to an aromatic ring is 1. The van der Waals surface area contributed by atoms with Gasteiger partial charge < -0.3 is 20.9 Å². The van der Waals surface area contributed by atoms with E-state index in [2.05, 4.69) is 10.3 Å². The molecule has 1 saturated carbocycles. The standard InChI is InChI=1S/C20H28N4O2/c1-12(2)22-19(25)17-15-10-9-14(11-16(15)23-18(17)21)24(3)20(26)13-7-5-4-6-8-13/h9-13,23H,4-8,21H2,1-3H3,(H,22,25). The lowest BCUT2D eigenvalue weighted by atomic mass is 9.88. The number of nitrogens with one attached hydrogen (secondary N) is 2. The number of aromatic nitrogens is 1. The molecule has 0 radical (unpaired) electrons. The summed E-state index contributed by atoms with van der Waals surface area (Å²) in [4.78, 5) is 30.0. The number of nitrogens with zero attached hydrogens (tertiary/aromatic N) is 1.